The van der Waals surface area contributed by atoms with Crippen LogP contribution in [-0.4, -0.2) is 105 Å². The minimum atomic E-state index is -1.32. The van der Waals surface area contributed by atoms with Crippen molar-refractivity contribution in [2.45, 2.75) is 18.3 Å². The van der Waals surface area contributed by atoms with Crippen molar-refractivity contribution in [2.24, 2.45) is 5.16 Å². The molecule has 0 spiro atoms. The number of β-lactam (4-membered cyclic amide) rings is 1. The molecule has 4 N–H and O–H groups in total. The van der Waals surface area contributed by atoms with Crippen molar-refractivity contribution >= 4 is 87.3 Å². The van der Waals surface area contributed by atoms with Crippen LogP contribution in [0.15, 0.2) is 21.8 Å². The second-order valence-corrected chi connectivity index (χ2v) is 8.09. The van der Waals surface area contributed by atoms with Crippen molar-refractivity contribution in [3.05, 3.63) is 22.3 Å². The Kier molecular flexibility index (Phi) is 8.48. The zero-order valence-corrected chi connectivity index (χ0v) is 20.4. The third-order valence-electron chi connectivity index (χ3n) is 4.15. The molecule has 1 aromatic rings. The SMILES string of the molecule is CO/N=C(/C(=O)N[C@@H]1C(=O)N2C(C(=O)O)=C(COC(C)=O)CS[C@H]12)c1csc(N)n1.[Na]. The van der Waals surface area contributed by atoms with Gasteiger partial charge in [0.2, 0.25) is 0 Å². The Morgan fingerprint density at radius 2 is 2.16 bits per heavy atom. The smallest absolute Gasteiger partial charge is 0.352 e. The minimum absolute atomic E-state index is 0. The van der Waals surface area contributed by atoms with Gasteiger partial charge in [0, 0.05) is 53.2 Å². The molecule has 0 aromatic carbocycles. The second kappa shape index (κ2) is 10.5. The number of nitrogens with one attached hydrogen (secondary N) is 1. The molecule has 15 heteroatoms. The molecule has 1 saturated heterocycles. The number of carboxylic acid groups (broad SMARTS) is 1. The Balaban J connectivity index is 0.00000341. The number of nitrogens with zero attached hydrogens (tertiary/aromatic N) is 3. The Labute approximate surface area is 206 Å². The summed E-state index contributed by atoms with van der Waals surface area (Å²) in [6.45, 7) is 0.975. The molecule has 0 bridgehead atoms. The topological polar surface area (TPSA) is 174 Å². The summed E-state index contributed by atoms with van der Waals surface area (Å²) in [7, 11) is 1.25. The molecule has 1 aromatic heterocycles. The predicted molar refractivity (Wildman–Crippen MR) is 112 cm³/mol. The molecule has 2 aliphatic heterocycles. The van der Waals surface area contributed by atoms with Gasteiger partial charge in [0.05, 0.1) is 0 Å². The second-order valence-electron chi connectivity index (χ2n) is 6.09. The van der Waals surface area contributed by atoms with Gasteiger partial charge in [-0.05, 0) is 0 Å². The Morgan fingerprint density at radius 1 is 1.45 bits per heavy atom. The number of thiazole rings is 1. The summed E-state index contributed by atoms with van der Waals surface area (Å²) in [4.78, 5) is 57.8. The summed E-state index contributed by atoms with van der Waals surface area (Å²) in [6, 6.07) is -0.967. The number of amides is 2. The van der Waals surface area contributed by atoms with E-state index < -0.39 is 35.2 Å². The van der Waals surface area contributed by atoms with Crippen LogP contribution in [0.25, 0.3) is 0 Å². The van der Waals surface area contributed by atoms with E-state index in [1.807, 2.05) is 0 Å². The maximum Gasteiger partial charge on any atom is 0.352 e. The number of hydrogen-bond donors (Lipinski definition) is 3. The monoisotopic (exact) mass is 478 g/mol. The summed E-state index contributed by atoms with van der Waals surface area (Å²) in [5, 5.41) is 16.9. The summed E-state index contributed by atoms with van der Waals surface area (Å²) < 4.78 is 4.88. The molecular formula is C16H17N5NaO7S2. The summed E-state index contributed by atoms with van der Waals surface area (Å²) >= 11 is 2.35. The number of oxime groups is 1. The summed E-state index contributed by atoms with van der Waals surface area (Å²) in [5.41, 5.74) is 5.67. The van der Waals surface area contributed by atoms with E-state index in [-0.39, 0.29) is 64.2 Å². The average molecular weight is 478 g/mol. The van der Waals surface area contributed by atoms with Crippen LogP contribution in [0.4, 0.5) is 5.13 Å². The summed E-state index contributed by atoms with van der Waals surface area (Å²) in [5.74, 6) is -2.98. The molecule has 31 heavy (non-hydrogen) atoms. The maximum atomic E-state index is 12.7. The molecule has 0 unspecified atom stereocenters. The first-order chi connectivity index (χ1) is 14.2. The quantitative estimate of drug-likeness (QED) is 0.145. The zero-order chi connectivity index (χ0) is 22.0. The third kappa shape index (κ3) is 5.20. The van der Waals surface area contributed by atoms with E-state index >= 15 is 0 Å². The van der Waals surface area contributed by atoms with Gasteiger partial charge >= 0.3 is 11.9 Å². The van der Waals surface area contributed by atoms with Crippen LogP contribution in [0, 0.1) is 0 Å². The van der Waals surface area contributed by atoms with Crippen molar-refractivity contribution in [1.82, 2.24) is 15.2 Å². The van der Waals surface area contributed by atoms with E-state index in [1.54, 1.807) is 0 Å². The number of thioether (sulfide) groups is 1. The number of anilines is 1. The van der Waals surface area contributed by atoms with Crippen LogP contribution in [0.5, 0.6) is 0 Å². The van der Waals surface area contributed by atoms with Gasteiger partial charge in [-0.3, -0.25) is 19.3 Å². The fraction of sp³-hybridized carbons (Fsp3) is 0.375. The predicted octanol–water partition coefficient (Wildman–Crippen LogP) is -1.00. The first-order valence-electron chi connectivity index (χ1n) is 8.41. The van der Waals surface area contributed by atoms with Crippen molar-refractivity contribution in [1.29, 1.82) is 0 Å². The molecule has 161 valence electrons. The van der Waals surface area contributed by atoms with Gasteiger partial charge in [0.15, 0.2) is 10.8 Å². The number of carbonyl (C=O) groups is 4. The molecule has 12 nitrogen and oxygen atoms in total. The Bertz CT molecular complexity index is 979. The van der Waals surface area contributed by atoms with E-state index in [2.05, 4.69) is 20.3 Å². The number of hydrogen-bond acceptors (Lipinski definition) is 11. The number of fused-ring (bicyclic) bond motifs is 1. The van der Waals surface area contributed by atoms with Gasteiger partial charge in [0.25, 0.3) is 11.8 Å². The van der Waals surface area contributed by atoms with Crippen LogP contribution in [0.3, 0.4) is 0 Å². The molecule has 2 aliphatic rings. The van der Waals surface area contributed by atoms with Gasteiger partial charge < -0.3 is 25.7 Å². The Hall–Kier alpha value is -2.13. The van der Waals surface area contributed by atoms with Crippen LogP contribution in [0.2, 0.25) is 0 Å². The fourth-order valence-corrected chi connectivity index (χ4v) is 4.76. The number of nitrogens with two attached hydrogens (primary N) is 1. The van der Waals surface area contributed by atoms with Crippen molar-refractivity contribution < 1.29 is 33.9 Å². The number of aliphatic carboxylic acids is 1. The van der Waals surface area contributed by atoms with Crippen molar-refractivity contribution in [3.8, 4) is 0 Å². The molecular weight excluding hydrogens is 461 g/mol. The van der Waals surface area contributed by atoms with Gasteiger partial charge in [-0.1, -0.05) is 5.16 Å². The normalized spacial score (nSPS) is 20.3. The number of aromatic nitrogens is 1. The van der Waals surface area contributed by atoms with Crippen LogP contribution in [0.1, 0.15) is 12.6 Å². The standard InChI is InChI=1S/C16H17N5O7S2.Na/c1-6(22)28-3-7-4-29-14-10(13(24)21(14)11(7)15(25)26)19-12(23)9(20-27-2)8-5-30-16(17)18-8;/h5,10,14H,3-4H2,1-2H3,(H2,17,18)(H,19,23)(H,25,26);/b20-9+;/t10-,14-;/m1./s1. The van der Waals surface area contributed by atoms with E-state index in [1.165, 1.54) is 31.2 Å². The molecule has 0 saturated carbocycles. The van der Waals surface area contributed by atoms with Crippen LogP contribution >= 0.6 is 23.1 Å². The molecule has 3 rings (SSSR count). The third-order valence-corrected chi connectivity index (χ3v) is 6.16. The largest absolute Gasteiger partial charge is 0.477 e. The van der Waals surface area contributed by atoms with E-state index in [9.17, 15) is 24.3 Å². The number of rotatable bonds is 7. The number of carbonyl (C=O) groups excluding carboxylic acids is 3. The molecule has 0 aliphatic carbocycles. The number of ether oxygens (including phenoxy) is 1. The van der Waals surface area contributed by atoms with Gasteiger partial charge in [-0.15, -0.1) is 23.1 Å². The van der Waals surface area contributed by atoms with E-state index in [0.717, 1.165) is 16.2 Å². The molecule has 2 amide bonds. The molecule has 3 heterocycles. The van der Waals surface area contributed by atoms with E-state index in [4.69, 9.17) is 10.5 Å². The average Bonchev–Trinajstić information content (AvgIpc) is 3.13. The number of esters is 1. The van der Waals surface area contributed by atoms with Gasteiger partial charge in [-0.2, -0.15) is 0 Å². The number of carboxylic acids is 1. The first kappa shape index (κ1) is 25.1. The molecule has 2 atom stereocenters. The van der Waals surface area contributed by atoms with Crippen molar-refractivity contribution in [2.75, 3.05) is 25.2 Å². The zero-order valence-electron chi connectivity index (χ0n) is 16.8. The van der Waals surface area contributed by atoms with E-state index in [0.29, 0.717) is 5.57 Å². The fourth-order valence-electron chi connectivity index (χ4n) is 2.88. The number of nitrogen functional groups attached to an aromatic ring is 1. The van der Waals surface area contributed by atoms with Gasteiger partial charge in [0.1, 0.15) is 36.5 Å². The minimum Gasteiger partial charge on any atom is -0.477 e. The Morgan fingerprint density at radius 3 is 2.71 bits per heavy atom. The van der Waals surface area contributed by atoms with Crippen molar-refractivity contribution in [3.63, 3.8) is 0 Å². The van der Waals surface area contributed by atoms with Crippen LogP contribution < -0.4 is 11.1 Å². The first-order valence-corrected chi connectivity index (χ1v) is 10.3. The van der Waals surface area contributed by atoms with Crippen LogP contribution in [-0.2, 0) is 28.8 Å². The molecule has 1 fully saturated rings. The molecule has 1 radical (unpaired) electrons. The summed E-state index contributed by atoms with van der Waals surface area (Å²) in [6.07, 6.45) is 0. The van der Waals surface area contributed by atoms with Gasteiger partial charge in [-0.25, -0.2) is 9.78 Å². The maximum absolute atomic E-state index is 12.7.